The number of carbonyl (C=O) groups excluding carboxylic acids is 1. The summed E-state index contributed by atoms with van der Waals surface area (Å²) in [7, 11) is -4.01. The molecule has 1 aromatic heterocycles. The van der Waals surface area contributed by atoms with Crippen molar-refractivity contribution in [2.45, 2.75) is 48.0 Å². The van der Waals surface area contributed by atoms with Gasteiger partial charge in [-0.2, -0.15) is 0 Å². The molecule has 3 atom stereocenters. The maximum absolute atomic E-state index is 13.6. The van der Waals surface area contributed by atoms with Gasteiger partial charge in [0.25, 0.3) is 5.91 Å². The van der Waals surface area contributed by atoms with E-state index in [0.29, 0.717) is 12.1 Å². The highest BCUT2D eigenvalue weighted by atomic mass is 35.5. The van der Waals surface area contributed by atoms with Gasteiger partial charge in [0.1, 0.15) is 11.7 Å². The first kappa shape index (κ1) is 26.7. The number of sulfone groups is 1. The van der Waals surface area contributed by atoms with Gasteiger partial charge in [-0.15, -0.1) is 0 Å². The zero-order valence-corrected chi connectivity index (χ0v) is 21.8. The summed E-state index contributed by atoms with van der Waals surface area (Å²) in [5.74, 6) is -3.85. The first-order valence-corrected chi connectivity index (χ1v) is 14.0. The minimum absolute atomic E-state index is 0.00142. The number of halogens is 3. The number of aliphatic hydroxyl groups excluding tert-OH is 1. The van der Waals surface area contributed by atoms with Gasteiger partial charge in [0.15, 0.2) is 21.5 Å². The van der Waals surface area contributed by atoms with E-state index in [4.69, 9.17) is 11.6 Å². The normalized spacial score (nSPS) is 25.4. The molecule has 3 aliphatic carbocycles. The number of anilines is 1. The van der Waals surface area contributed by atoms with Crippen LogP contribution in [0.25, 0.3) is 0 Å². The highest BCUT2D eigenvalue weighted by Crippen LogP contribution is 2.60. The average Bonchev–Trinajstić information content (AvgIpc) is 2.90. The smallest absolute Gasteiger partial charge is 0.255 e. The van der Waals surface area contributed by atoms with Gasteiger partial charge >= 0.3 is 0 Å². The lowest BCUT2D eigenvalue weighted by Crippen LogP contribution is -2.64. The molecule has 3 aliphatic rings. The van der Waals surface area contributed by atoms with Gasteiger partial charge in [-0.1, -0.05) is 17.7 Å². The van der Waals surface area contributed by atoms with Crippen LogP contribution in [0.15, 0.2) is 59.6 Å². The number of fused-ring (bicyclic) bond motifs is 2. The molecule has 0 aliphatic heterocycles. The molecule has 2 aromatic carbocycles. The van der Waals surface area contributed by atoms with E-state index in [9.17, 15) is 32.2 Å². The molecule has 38 heavy (non-hydrogen) atoms. The second-order valence-electron chi connectivity index (χ2n) is 10.0. The summed E-state index contributed by atoms with van der Waals surface area (Å²) in [6, 6.07) is 10.1. The number of rotatable bonds is 6. The lowest BCUT2D eigenvalue weighted by molar-refractivity contribution is -0.234. The van der Waals surface area contributed by atoms with E-state index in [1.165, 1.54) is 18.2 Å². The largest absolute Gasteiger partial charge is 0.386 e. The quantitative estimate of drug-likeness (QED) is 0.404. The summed E-state index contributed by atoms with van der Waals surface area (Å²) in [5, 5.41) is 23.8. The molecule has 200 valence electrons. The van der Waals surface area contributed by atoms with Gasteiger partial charge in [0.05, 0.1) is 20.9 Å². The average molecular weight is 563 g/mol. The van der Waals surface area contributed by atoms with Crippen molar-refractivity contribution in [2.24, 2.45) is 11.8 Å². The molecular weight excluding hydrogens is 538 g/mol. The minimum Gasteiger partial charge on any atom is -0.386 e. The Bertz CT molecular complexity index is 1500. The molecule has 0 radical (unpaired) electrons. The van der Waals surface area contributed by atoms with Crippen molar-refractivity contribution in [3.63, 3.8) is 0 Å². The fourth-order valence-electron chi connectivity index (χ4n) is 5.59. The van der Waals surface area contributed by atoms with Crippen LogP contribution in [0.5, 0.6) is 0 Å². The van der Waals surface area contributed by atoms with Crippen LogP contribution in [0.1, 0.15) is 47.0 Å². The van der Waals surface area contributed by atoms with E-state index in [1.54, 1.807) is 18.3 Å². The number of hydrogen-bond acceptors (Lipinski definition) is 6. The van der Waals surface area contributed by atoms with E-state index in [0.717, 1.165) is 23.8 Å². The number of aliphatic hydroxyl groups is 2. The third-order valence-corrected chi connectivity index (χ3v) is 10.4. The summed E-state index contributed by atoms with van der Waals surface area (Å²) < 4.78 is 53.9. The van der Waals surface area contributed by atoms with Gasteiger partial charge in [-0.05, 0) is 80.0 Å². The van der Waals surface area contributed by atoms with Crippen molar-refractivity contribution in [3.05, 3.63) is 88.2 Å². The zero-order valence-electron chi connectivity index (χ0n) is 20.2. The molecule has 3 aromatic rings. The van der Waals surface area contributed by atoms with Crippen LogP contribution in [-0.2, 0) is 9.84 Å². The summed E-state index contributed by atoms with van der Waals surface area (Å²) in [6.45, 7) is 1.86. The Hall–Kier alpha value is -2.92. The Morgan fingerprint density at radius 3 is 2.42 bits per heavy atom. The summed E-state index contributed by atoms with van der Waals surface area (Å²) >= 11 is 6.25. The molecule has 3 unspecified atom stereocenters. The highest BCUT2D eigenvalue weighted by molar-refractivity contribution is 7.92. The molecule has 3 fully saturated rings. The number of amides is 1. The molecule has 11 heteroatoms. The molecule has 0 spiro atoms. The summed E-state index contributed by atoms with van der Waals surface area (Å²) in [6.07, 6.45) is 1.15. The minimum atomic E-state index is -4.01. The second-order valence-corrected chi connectivity index (χ2v) is 12.7. The molecule has 1 amide bonds. The number of aromatic nitrogens is 1. The van der Waals surface area contributed by atoms with Gasteiger partial charge in [-0.25, -0.2) is 17.2 Å². The van der Waals surface area contributed by atoms with Gasteiger partial charge in [0.2, 0.25) is 0 Å². The molecule has 2 bridgehead atoms. The van der Waals surface area contributed by atoms with E-state index in [2.05, 4.69) is 10.3 Å². The van der Waals surface area contributed by atoms with Crippen LogP contribution < -0.4 is 5.32 Å². The number of aryl methyl sites for hydroxylation is 1. The Kier molecular flexibility index (Phi) is 6.79. The van der Waals surface area contributed by atoms with Crippen molar-refractivity contribution in [3.8, 4) is 0 Å². The number of carbonyl (C=O) groups is 1. The van der Waals surface area contributed by atoms with Crippen molar-refractivity contribution < 1.29 is 32.2 Å². The Balaban J connectivity index is 1.35. The van der Waals surface area contributed by atoms with Crippen LogP contribution in [0.4, 0.5) is 14.5 Å². The molecule has 7 nitrogen and oxygen atoms in total. The topological polar surface area (TPSA) is 117 Å². The van der Waals surface area contributed by atoms with Crippen LogP contribution in [0.3, 0.4) is 0 Å². The Labute approximate surface area is 223 Å². The van der Waals surface area contributed by atoms with E-state index >= 15 is 0 Å². The predicted molar refractivity (Wildman–Crippen MR) is 136 cm³/mol. The summed E-state index contributed by atoms with van der Waals surface area (Å²) in [5.41, 5.74) is -0.274. The third kappa shape index (κ3) is 4.49. The fourth-order valence-corrected chi connectivity index (χ4v) is 7.99. The maximum Gasteiger partial charge on any atom is 0.255 e. The van der Waals surface area contributed by atoms with Crippen molar-refractivity contribution in [1.82, 2.24) is 4.98 Å². The van der Waals surface area contributed by atoms with Gasteiger partial charge in [0, 0.05) is 23.5 Å². The first-order chi connectivity index (χ1) is 17.9. The lowest BCUT2D eigenvalue weighted by Gasteiger charge is -2.59. The maximum atomic E-state index is 13.6. The lowest BCUT2D eigenvalue weighted by atomic mass is 9.51. The van der Waals surface area contributed by atoms with Crippen molar-refractivity contribution >= 4 is 33.0 Å². The van der Waals surface area contributed by atoms with Crippen molar-refractivity contribution in [2.75, 3.05) is 5.32 Å². The van der Waals surface area contributed by atoms with E-state index < -0.39 is 56.2 Å². The molecule has 3 saturated carbocycles. The highest BCUT2D eigenvalue weighted by Gasteiger charge is 2.63. The molecule has 0 saturated heterocycles. The number of pyridine rings is 1. The van der Waals surface area contributed by atoms with Crippen LogP contribution in [0, 0.1) is 30.4 Å². The number of benzene rings is 2. The first-order valence-electron chi connectivity index (χ1n) is 12.0. The number of nitrogens with zero attached hydrogens (tertiary/aromatic N) is 1. The van der Waals surface area contributed by atoms with Crippen LogP contribution in [-0.4, -0.2) is 40.4 Å². The second kappa shape index (κ2) is 9.68. The standard InChI is InChI=1S/C27H25ClF2N2O5S/c1-14-2-7-23(31-13-14)25(33)27(35)16-9-17(27)11-19(10-16)38(36,37)24-8-15(3-5-20(24)28)26(34)32-18-4-6-21(29)22(30)12-18/h2-8,12-13,16-17,19,25,33,35H,9-11H2,1H3,(H,32,34). The summed E-state index contributed by atoms with van der Waals surface area (Å²) in [4.78, 5) is 16.7. The molecule has 1 heterocycles. The number of nitrogens with one attached hydrogen (secondary N) is 1. The third-order valence-electron chi connectivity index (χ3n) is 7.74. The van der Waals surface area contributed by atoms with Gasteiger partial charge < -0.3 is 15.5 Å². The monoisotopic (exact) mass is 562 g/mol. The molecule has 6 rings (SSSR count). The Morgan fingerprint density at radius 1 is 1.08 bits per heavy atom. The fraction of sp³-hybridized carbons (Fsp3) is 0.333. The molecule has 3 N–H and O–H groups in total. The predicted octanol–water partition coefficient (Wildman–Crippen LogP) is 4.61. The van der Waals surface area contributed by atoms with E-state index in [-0.39, 0.29) is 34.0 Å². The molecular formula is C27H25ClF2N2O5S. The van der Waals surface area contributed by atoms with E-state index in [1.807, 2.05) is 6.92 Å². The van der Waals surface area contributed by atoms with Gasteiger partial charge in [-0.3, -0.25) is 9.78 Å². The number of hydrogen-bond donors (Lipinski definition) is 3. The Morgan fingerprint density at radius 2 is 1.79 bits per heavy atom. The zero-order chi connectivity index (χ0) is 27.4. The van der Waals surface area contributed by atoms with Crippen molar-refractivity contribution in [1.29, 1.82) is 0 Å². The van der Waals surface area contributed by atoms with Crippen LogP contribution in [0.2, 0.25) is 5.02 Å². The van der Waals surface area contributed by atoms with Crippen LogP contribution >= 0.6 is 11.6 Å². The SMILES string of the molecule is Cc1ccc(C(O)C2(O)C3CC2CC(S(=O)(=O)c2cc(C(=O)Nc4ccc(F)c(F)c4)ccc2Cl)C3)nc1.